The Morgan fingerprint density at radius 3 is 2.79 bits per heavy atom. The lowest BCUT2D eigenvalue weighted by atomic mass is 9.96. The quantitative estimate of drug-likeness (QED) is 0.921. The second-order valence-corrected chi connectivity index (χ2v) is 6.41. The van der Waals surface area contributed by atoms with Gasteiger partial charge in [0.25, 0.3) is 0 Å². The zero-order valence-corrected chi connectivity index (χ0v) is 14.4. The van der Waals surface area contributed by atoms with Crippen molar-refractivity contribution >= 4 is 17.6 Å². The number of hydrogen-bond acceptors (Lipinski definition) is 4. The van der Waals surface area contributed by atoms with Gasteiger partial charge in [-0.1, -0.05) is 35.0 Å². The average Bonchev–Trinajstić information content (AvgIpc) is 3.03. The normalized spacial score (nSPS) is 15.5. The molecule has 1 aromatic carbocycles. The lowest BCUT2D eigenvalue weighted by Gasteiger charge is -2.30. The van der Waals surface area contributed by atoms with Gasteiger partial charge in [-0.2, -0.15) is 4.98 Å². The Hall–Kier alpha value is -2.08. The summed E-state index contributed by atoms with van der Waals surface area (Å²) in [6.45, 7) is 3.77. The van der Waals surface area contributed by atoms with Crippen LogP contribution in [0.1, 0.15) is 36.0 Å². The second kappa shape index (κ2) is 7.66. The van der Waals surface area contributed by atoms with Crippen molar-refractivity contribution in [2.45, 2.75) is 32.1 Å². The van der Waals surface area contributed by atoms with Crippen LogP contribution in [0.4, 0.5) is 4.79 Å². The Morgan fingerprint density at radius 1 is 1.38 bits per heavy atom. The van der Waals surface area contributed by atoms with E-state index in [-0.39, 0.29) is 11.9 Å². The molecule has 0 unspecified atom stereocenters. The molecule has 1 aromatic heterocycles. The van der Waals surface area contributed by atoms with E-state index in [9.17, 15) is 4.79 Å². The smallest absolute Gasteiger partial charge is 0.317 e. The predicted octanol–water partition coefficient (Wildman–Crippen LogP) is 3.16. The molecular weight excluding hydrogens is 328 g/mol. The minimum atomic E-state index is -0.0233. The summed E-state index contributed by atoms with van der Waals surface area (Å²) in [5, 5.41) is 7.69. The van der Waals surface area contributed by atoms with Crippen LogP contribution in [0.15, 0.2) is 28.8 Å². The number of benzene rings is 1. The standard InChI is InChI=1S/C17H21ClN4O2/c1-12-20-16(21-24-12)14-7-10-22(11-8-14)17(23)19-9-6-13-4-2-3-5-15(13)18/h2-5,14H,6-11H2,1H3,(H,19,23). The summed E-state index contributed by atoms with van der Waals surface area (Å²) in [5.41, 5.74) is 1.05. The van der Waals surface area contributed by atoms with E-state index in [1.165, 1.54) is 0 Å². The number of halogens is 1. The van der Waals surface area contributed by atoms with Crippen LogP contribution in [0, 0.1) is 6.92 Å². The van der Waals surface area contributed by atoms with E-state index in [0.717, 1.165) is 35.7 Å². The number of piperidine rings is 1. The molecule has 1 aliphatic heterocycles. The number of aromatic nitrogens is 2. The number of carbonyl (C=O) groups excluding carboxylic acids is 1. The fourth-order valence-corrected chi connectivity index (χ4v) is 3.17. The maximum atomic E-state index is 12.3. The lowest BCUT2D eigenvalue weighted by molar-refractivity contribution is 0.180. The maximum Gasteiger partial charge on any atom is 0.317 e. The van der Waals surface area contributed by atoms with Crippen LogP contribution >= 0.6 is 11.6 Å². The average molecular weight is 349 g/mol. The Labute approximate surface area is 146 Å². The van der Waals surface area contributed by atoms with E-state index in [2.05, 4.69) is 15.5 Å². The van der Waals surface area contributed by atoms with Gasteiger partial charge >= 0.3 is 6.03 Å². The van der Waals surface area contributed by atoms with Crippen molar-refractivity contribution in [3.63, 3.8) is 0 Å². The molecule has 3 rings (SSSR count). The predicted molar refractivity (Wildman–Crippen MR) is 91.1 cm³/mol. The topological polar surface area (TPSA) is 71.3 Å². The minimum Gasteiger partial charge on any atom is -0.340 e. The lowest BCUT2D eigenvalue weighted by Crippen LogP contribution is -2.44. The van der Waals surface area contributed by atoms with Gasteiger partial charge in [-0.3, -0.25) is 0 Å². The molecular formula is C17H21ClN4O2. The monoisotopic (exact) mass is 348 g/mol. The van der Waals surface area contributed by atoms with Crippen LogP contribution in [-0.4, -0.2) is 40.7 Å². The number of hydrogen-bond donors (Lipinski definition) is 1. The molecule has 0 aliphatic carbocycles. The van der Waals surface area contributed by atoms with E-state index < -0.39 is 0 Å². The van der Waals surface area contributed by atoms with Crippen LogP contribution < -0.4 is 5.32 Å². The highest BCUT2D eigenvalue weighted by atomic mass is 35.5. The number of amides is 2. The number of aryl methyl sites for hydroxylation is 1. The number of carbonyl (C=O) groups is 1. The molecule has 24 heavy (non-hydrogen) atoms. The van der Waals surface area contributed by atoms with Crippen LogP contribution in [-0.2, 0) is 6.42 Å². The summed E-state index contributed by atoms with van der Waals surface area (Å²) in [5.74, 6) is 1.62. The zero-order valence-electron chi connectivity index (χ0n) is 13.7. The summed E-state index contributed by atoms with van der Waals surface area (Å²) in [6, 6.07) is 7.67. The van der Waals surface area contributed by atoms with Crippen LogP contribution in [0.3, 0.4) is 0 Å². The van der Waals surface area contributed by atoms with Gasteiger partial charge in [0.2, 0.25) is 5.89 Å². The number of nitrogens with one attached hydrogen (secondary N) is 1. The molecule has 2 heterocycles. The molecule has 0 spiro atoms. The van der Waals surface area contributed by atoms with Crippen molar-refractivity contribution in [3.8, 4) is 0 Å². The third-order valence-corrected chi connectivity index (χ3v) is 4.69. The van der Waals surface area contributed by atoms with Gasteiger partial charge in [0.05, 0.1) is 0 Å². The van der Waals surface area contributed by atoms with E-state index in [0.29, 0.717) is 25.5 Å². The van der Waals surface area contributed by atoms with Crippen LogP contribution in [0.5, 0.6) is 0 Å². The van der Waals surface area contributed by atoms with Gasteiger partial charge in [-0.05, 0) is 30.9 Å². The first-order valence-corrected chi connectivity index (χ1v) is 8.57. The van der Waals surface area contributed by atoms with Gasteiger partial charge in [0.1, 0.15) is 0 Å². The highest BCUT2D eigenvalue weighted by molar-refractivity contribution is 6.31. The summed E-state index contributed by atoms with van der Waals surface area (Å²) in [4.78, 5) is 18.4. The van der Waals surface area contributed by atoms with Crippen LogP contribution in [0.2, 0.25) is 5.02 Å². The van der Waals surface area contributed by atoms with Crippen molar-refractivity contribution in [2.75, 3.05) is 19.6 Å². The van der Waals surface area contributed by atoms with Gasteiger partial charge in [0.15, 0.2) is 5.82 Å². The van der Waals surface area contributed by atoms with Crippen molar-refractivity contribution in [1.29, 1.82) is 0 Å². The molecule has 1 aliphatic rings. The van der Waals surface area contributed by atoms with Gasteiger partial charge in [-0.25, -0.2) is 4.79 Å². The first-order valence-electron chi connectivity index (χ1n) is 8.20. The summed E-state index contributed by atoms with van der Waals surface area (Å²) < 4.78 is 5.03. The van der Waals surface area contributed by atoms with Crippen molar-refractivity contribution in [3.05, 3.63) is 46.6 Å². The molecule has 2 aromatic rings. The van der Waals surface area contributed by atoms with Crippen molar-refractivity contribution < 1.29 is 9.32 Å². The Morgan fingerprint density at radius 2 is 2.12 bits per heavy atom. The largest absolute Gasteiger partial charge is 0.340 e. The Balaban J connectivity index is 1.43. The SMILES string of the molecule is Cc1nc(C2CCN(C(=O)NCCc3ccccc3Cl)CC2)no1. The molecule has 0 radical (unpaired) electrons. The molecule has 1 saturated heterocycles. The first-order chi connectivity index (χ1) is 11.6. The Bertz CT molecular complexity index is 695. The van der Waals surface area contributed by atoms with Crippen molar-refractivity contribution in [2.24, 2.45) is 0 Å². The second-order valence-electron chi connectivity index (χ2n) is 6.01. The van der Waals surface area contributed by atoms with E-state index in [1.54, 1.807) is 6.92 Å². The molecule has 1 N–H and O–H groups in total. The molecule has 0 atom stereocenters. The third kappa shape index (κ3) is 4.06. The number of nitrogens with zero attached hydrogens (tertiary/aromatic N) is 3. The summed E-state index contributed by atoms with van der Waals surface area (Å²) in [7, 11) is 0. The summed E-state index contributed by atoms with van der Waals surface area (Å²) in [6.07, 6.45) is 2.44. The van der Waals surface area contributed by atoms with E-state index in [1.807, 2.05) is 29.2 Å². The zero-order chi connectivity index (χ0) is 16.9. The molecule has 128 valence electrons. The fourth-order valence-electron chi connectivity index (χ4n) is 2.94. The molecule has 0 saturated carbocycles. The molecule has 2 amide bonds. The highest BCUT2D eigenvalue weighted by Gasteiger charge is 2.26. The molecule has 0 bridgehead atoms. The van der Waals surface area contributed by atoms with Gasteiger partial charge in [0, 0.05) is 37.5 Å². The fraction of sp³-hybridized carbons (Fsp3) is 0.471. The summed E-state index contributed by atoms with van der Waals surface area (Å²) >= 11 is 6.12. The van der Waals surface area contributed by atoms with Crippen molar-refractivity contribution in [1.82, 2.24) is 20.4 Å². The number of urea groups is 1. The van der Waals surface area contributed by atoms with E-state index in [4.69, 9.17) is 16.1 Å². The van der Waals surface area contributed by atoms with E-state index >= 15 is 0 Å². The Kier molecular flexibility index (Phi) is 5.35. The molecule has 7 heteroatoms. The number of likely N-dealkylation sites (tertiary alicyclic amines) is 1. The molecule has 6 nitrogen and oxygen atoms in total. The maximum absolute atomic E-state index is 12.3. The van der Waals surface area contributed by atoms with Gasteiger partial charge in [-0.15, -0.1) is 0 Å². The molecule has 1 fully saturated rings. The minimum absolute atomic E-state index is 0.0233. The van der Waals surface area contributed by atoms with Gasteiger partial charge < -0.3 is 14.7 Å². The highest BCUT2D eigenvalue weighted by Crippen LogP contribution is 2.25. The third-order valence-electron chi connectivity index (χ3n) is 4.32. The first kappa shape index (κ1) is 16.8. The van der Waals surface area contributed by atoms with Crippen LogP contribution in [0.25, 0.3) is 0 Å². The number of rotatable bonds is 4.